The number of hydrogen-bond donors (Lipinski definition) is 1. The van der Waals surface area contributed by atoms with Gasteiger partial charge in [-0.1, -0.05) is 11.6 Å². The summed E-state index contributed by atoms with van der Waals surface area (Å²) in [5, 5.41) is 9.69. The Bertz CT molecular complexity index is 741. The second kappa shape index (κ2) is 5.31. The van der Waals surface area contributed by atoms with Crippen molar-refractivity contribution in [2.75, 3.05) is 18.5 Å². The van der Waals surface area contributed by atoms with Crippen molar-refractivity contribution in [2.24, 2.45) is 5.73 Å². The summed E-state index contributed by atoms with van der Waals surface area (Å²) in [6.45, 7) is -0.124. The van der Waals surface area contributed by atoms with Crippen LogP contribution >= 0.6 is 11.6 Å². The molecule has 0 fully saturated rings. The summed E-state index contributed by atoms with van der Waals surface area (Å²) in [6.07, 6.45) is 1.24. The normalized spacial score (nSPS) is 10.3. The van der Waals surface area contributed by atoms with Gasteiger partial charge in [0.1, 0.15) is 17.4 Å². The molecule has 1 aromatic heterocycles. The molecule has 0 aliphatic carbocycles. The fraction of sp³-hybridized carbons (Fsp3) is 0.154. The highest BCUT2D eigenvalue weighted by atomic mass is 35.5. The maximum Gasteiger partial charge on any atom is 0.236 e. The first kappa shape index (κ1) is 14.0. The van der Waals surface area contributed by atoms with Gasteiger partial charge < -0.3 is 10.6 Å². The highest BCUT2D eigenvalue weighted by molar-refractivity contribution is 6.36. The molecule has 0 radical (unpaired) electrons. The topological polar surface area (TPSA) is 83.0 Å². The van der Waals surface area contributed by atoms with Gasteiger partial charge >= 0.3 is 0 Å². The van der Waals surface area contributed by atoms with Crippen LogP contribution < -0.4 is 10.6 Å². The van der Waals surface area contributed by atoms with Crippen molar-refractivity contribution in [3.63, 3.8) is 0 Å². The van der Waals surface area contributed by atoms with Gasteiger partial charge in [-0.15, -0.1) is 0 Å². The van der Waals surface area contributed by atoms with E-state index in [0.717, 1.165) is 0 Å². The summed E-state index contributed by atoms with van der Waals surface area (Å²) >= 11 is 6.08. The Kier molecular flexibility index (Phi) is 3.72. The molecular formula is C13H10ClFN4O. The number of carbonyl (C=O) groups is 1. The molecule has 5 nitrogen and oxygen atoms in total. The highest BCUT2D eigenvalue weighted by Gasteiger charge is 2.18. The summed E-state index contributed by atoms with van der Waals surface area (Å²) in [4.78, 5) is 16.4. The Hall–Kier alpha value is -2.39. The molecular weight excluding hydrogens is 283 g/mol. The molecule has 0 unspecified atom stereocenters. The monoisotopic (exact) mass is 292 g/mol. The Morgan fingerprint density at radius 3 is 2.90 bits per heavy atom. The minimum Gasteiger partial charge on any atom is -0.368 e. The maximum absolute atomic E-state index is 13.8. The largest absolute Gasteiger partial charge is 0.368 e. The Balaban J connectivity index is 2.81. The fourth-order valence-electron chi connectivity index (χ4n) is 2.01. The van der Waals surface area contributed by atoms with Crippen molar-refractivity contribution in [3.05, 3.63) is 34.7 Å². The first-order chi connectivity index (χ1) is 9.45. The number of nitrogens with zero attached hydrogens (tertiary/aromatic N) is 3. The number of benzene rings is 1. The molecule has 0 atom stereocenters. The summed E-state index contributed by atoms with van der Waals surface area (Å²) in [7, 11) is 1.57. The van der Waals surface area contributed by atoms with Crippen LogP contribution in [-0.2, 0) is 4.79 Å². The van der Waals surface area contributed by atoms with E-state index in [1.807, 2.05) is 6.07 Å². The SMILES string of the molecule is CN(CC(N)=O)c1c(C#N)cnc2c(F)ccc(Cl)c12. The number of anilines is 1. The number of likely N-dealkylation sites (N-methyl/N-ethyl adjacent to an activating group) is 1. The molecule has 102 valence electrons. The molecule has 7 heteroatoms. The average molecular weight is 293 g/mol. The number of carbonyl (C=O) groups excluding carboxylic acids is 1. The van der Waals surface area contributed by atoms with Crippen LogP contribution in [0.3, 0.4) is 0 Å². The van der Waals surface area contributed by atoms with Crippen LogP contribution in [0.15, 0.2) is 18.3 Å². The summed E-state index contributed by atoms with van der Waals surface area (Å²) in [5.41, 5.74) is 5.72. The average Bonchev–Trinajstić information content (AvgIpc) is 2.40. The lowest BCUT2D eigenvalue weighted by atomic mass is 10.1. The molecule has 0 saturated heterocycles. The highest BCUT2D eigenvalue weighted by Crippen LogP contribution is 2.35. The zero-order chi connectivity index (χ0) is 14.9. The first-order valence-electron chi connectivity index (χ1n) is 5.62. The molecule has 0 saturated carbocycles. The van der Waals surface area contributed by atoms with Crippen molar-refractivity contribution in [1.29, 1.82) is 5.26 Å². The van der Waals surface area contributed by atoms with Crippen molar-refractivity contribution in [2.45, 2.75) is 0 Å². The number of pyridine rings is 1. The van der Waals surface area contributed by atoms with E-state index in [0.29, 0.717) is 5.69 Å². The lowest BCUT2D eigenvalue weighted by molar-refractivity contribution is -0.116. The molecule has 2 aromatic rings. The molecule has 1 amide bonds. The van der Waals surface area contributed by atoms with E-state index < -0.39 is 11.7 Å². The lowest BCUT2D eigenvalue weighted by Crippen LogP contribution is -2.31. The van der Waals surface area contributed by atoms with E-state index in [1.165, 1.54) is 23.2 Å². The minimum atomic E-state index is -0.575. The molecule has 0 spiro atoms. The second-order valence-corrected chi connectivity index (χ2v) is 4.61. The van der Waals surface area contributed by atoms with Gasteiger partial charge in [0.25, 0.3) is 0 Å². The van der Waals surface area contributed by atoms with E-state index in [1.54, 1.807) is 7.05 Å². The molecule has 2 N–H and O–H groups in total. The molecule has 1 aromatic carbocycles. The Morgan fingerprint density at radius 1 is 1.60 bits per heavy atom. The van der Waals surface area contributed by atoms with Gasteiger partial charge in [0.2, 0.25) is 5.91 Å². The van der Waals surface area contributed by atoms with Crippen LogP contribution in [0.5, 0.6) is 0 Å². The predicted octanol–water partition coefficient (Wildman–Crippen LogP) is 1.82. The zero-order valence-electron chi connectivity index (χ0n) is 10.5. The number of rotatable bonds is 3. The lowest BCUT2D eigenvalue weighted by Gasteiger charge is -2.21. The number of nitrogens with two attached hydrogens (primary N) is 1. The number of aromatic nitrogens is 1. The fourth-order valence-corrected chi connectivity index (χ4v) is 2.25. The number of fused-ring (bicyclic) bond motifs is 1. The van der Waals surface area contributed by atoms with Gasteiger partial charge in [-0.3, -0.25) is 9.78 Å². The van der Waals surface area contributed by atoms with Crippen LogP contribution in [-0.4, -0.2) is 24.5 Å². The smallest absolute Gasteiger partial charge is 0.236 e. The number of nitriles is 1. The molecule has 0 aliphatic heterocycles. The van der Waals surface area contributed by atoms with Crippen molar-refractivity contribution < 1.29 is 9.18 Å². The third kappa shape index (κ3) is 2.36. The molecule has 0 aliphatic rings. The number of hydrogen-bond acceptors (Lipinski definition) is 4. The molecule has 20 heavy (non-hydrogen) atoms. The summed E-state index contributed by atoms with van der Waals surface area (Å²) < 4.78 is 13.8. The van der Waals surface area contributed by atoms with Gasteiger partial charge in [-0.05, 0) is 12.1 Å². The molecule has 2 rings (SSSR count). The van der Waals surface area contributed by atoms with Gasteiger partial charge in [-0.25, -0.2) is 4.39 Å². The van der Waals surface area contributed by atoms with Crippen LogP contribution in [0.4, 0.5) is 10.1 Å². The summed E-state index contributed by atoms with van der Waals surface area (Å²) in [5.74, 6) is -1.13. The van der Waals surface area contributed by atoms with Gasteiger partial charge in [0, 0.05) is 18.6 Å². The number of primary amides is 1. The van der Waals surface area contributed by atoms with E-state index in [-0.39, 0.29) is 28.0 Å². The van der Waals surface area contributed by atoms with Crippen LogP contribution in [0, 0.1) is 17.1 Å². The van der Waals surface area contributed by atoms with Crippen molar-refractivity contribution in [1.82, 2.24) is 4.98 Å². The van der Waals surface area contributed by atoms with Crippen LogP contribution in [0.25, 0.3) is 10.9 Å². The van der Waals surface area contributed by atoms with Crippen molar-refractivity contribution in [3.8, 4) is 6.07 Å². The van der Waals surface area contributed by atoms with Crippen molar-refractivity contribution >= 4 is 34.1 Å². The maximum atomic E-state index is 13.8. The van der Waals surface area contributed by atoms with Gasteiger partial charge in [0.05, 0.1) is 22.8 Å². The zero-order valence-corrected chi connectivity index (χ0v) is 11.3. The third-order valence-electron chi connectivity index (χ3n) is 2.79. The van der Waals surface area contributed by atoms with E-state index in [2.05, 4.69) is 4.98 Å². The Labute approximate surface area is 119 Å². The molecule has 1 heterocycles. The second-order valence-electron chi connectivity index (χ2n) is 4.21. The van der Waals surface area contributed by atoms with Gasteiger partial charge in [0.15, 0.2) is 0 Å². The first-order valence-corrected chi connectivity index (χ1v) is 5.99. The third-order valence-corrected chi connectivity index (χ3v) is 3.10. The minimum absolute atomic E-state index is 0.0443. The van der Waals surface area contributed by atoms with Gasteiger partial charge in [-0.2, -0.15) is 5.26 Å². The van der Waals surface area contributed by atoms with E-state index in [4.69, 9.17) is 22.6 Å². The molecule has 0 bridgehead atoms. The van der Waals surface area contributed by atoms with E-state index >= 15 is 0 Å². The Morgan fingerprint density at radius 2 is 2.30 bits per heavy atom. The predicted molar refractivity (Wildman–Crippen MR) is 73.9 cm³/mol. The van der Waals surface area contributed by atoms with Crippen LogP contribution in [0.2, 0.25) is 5.02 Å². The quantitative estimate of drug-likeness (QED) is 0.935. The van der Waals surface area contributed by atoms with E-state index in [9.17, 15) is 9.18 Å². The standard InChI is InChI=1S/C13H10ClFN4O/c1-19(6-10(17)20)13-7(4-16)5-18-12-9(15)3-2-8(14)11(12)13/h2-3,5H,6H2,1H3,(H2,17,20). The number of amides is 1. The summed E-state index contributed by atoms with van der Waals surface area (Å²) in [6, 6.07) is 4.53. The number of halogens is 2. The van der Waals surface area contributed by atoms with Crippen LogP contribution in [0.1, 0.15) is 5.56 Å².